The Kier molecular flexibility index (Phi) is 2.14. The van der Waals surface area contributed by atoms with Crippen LogP contribution in [0.3, 0.4) is 0 Å². The standard InChI is InChI=1S/C9H9N3O2/c13-5-4-12-6-8(14)11-9-7(12)2-1-3-10-9/h1-3,5H,4,6H2,(H,10,11,14). The minimum atomic E-state index is -0.141. The molecule has 0 fully saturated rings. The van der Waals surface area contributed by atoms with Crippen LogP contribution in [0, 0.1) is 0 Å². The smallest absolute Gasteiger partial charge is 0.245 e. The highest BCUT2D eigenvalue weighted by atomic mass is 16.2. The first-order valence-electron chi connectivity index (χ1n) is 4.24. The first-order valence-corrected chi connectivity index (χ1v) is 4.24. The van der Waals surface area contributed by atoms with E-state index in [9.17, 15) is 9.59 Å². The molecule has 72 valence electrons. The summed E-state index contributed by atoms with van der Waals surface area (Å²) in [6, 6.07) is 3.60. The molecule has 0 saturated carbocycles. The van der Waals surface area contributed by atoms with Crippen molar-refractivity contribution in [2.24, 2.45) is 0 Å². The predicted octanol–water partition coefficient (Wildman–Crippen LogP) is 0.0390. The number of amides is 1. The van der Waals surface area contributed by atoms with Crippen molar-refractivity contribution in [2.45, 2.75) is 0 Å². The molecule has 0 saturated heterocycles. The molecule has 1 amide bonds. The van der Waals surface area contributed by atoms with Crippen LogP contribution in [0.2, 0.25) is 0 Å². The summed E-state index contributed by atoms with van der Waals surface area (Å²) in [4.78, 5) is 27.3. The van der Waals surface area contributed by atoms with Crippen molar-refractivity contribution < 1.29 is 9.59 Å². The van der Waals surface area contributed by atoms with Gasteiger partial charge < -0.3 is 15.0 Å². The predicted molar refractivity (Wildman–Crippen MR) is 51.1 cm³/mol. The highest BCUT2D eigenvalue weighted by molar-refractivity contribution is 6.00. The zero-order chi connectivity index (χ0) is 9.97. The van der Waals surface area contributed by atoms with E-state index >= 15 is 0 Å². The summed E-state index contributed by atoms with van der Waals surface area (Å²) in [5.74, 6) is 0.378. The number of fused-ring (bicyclic) bond motifs is 1. The Labute approximate surface area is 80.7 Å². The number of rotatable bonds is 2. The molecule has 2 rings (SSSR count). The number of anilines is 2. The number of aldehydes is 1. The normalized spacial score (nSPS) is 14.6. The maximum absolute atomic E-state index is 11.2. The summed E-state index contributed by atoms with van der Waals surface area (Å²) < 4.78 is 0. The van der Waals surface area contributed by atoms with Crippen LogP contribution in [-0.2, 0) is 9.59 Å². The van der Waals surface area contributed by atoms with Gasteiger partial charge in [-0.3, -0.25) is 4.79 Å². The zero-order valence-corrected chi connectivity index (χ0v) is 7.43. The second-order valence-corrected chi connectivity index (χ2v) is 2.97. The van der Waals surface area contributed by atoms with Gasteiger partial charge in [-0.05, 0) is 12.1 Å². The molecular formula is C9H9N3O2. The average molecular weight is 191 g/mol. The van der Waals surface area contributed by atoms with E-state index in [1.54, 1.807) is 17.2 Å². The lowest BCUT2D eigenvalue weighted by molar-refractivity contribution is -0.115. The summed E-state index contributed by atoms with van der Waals surface area (Å²) in [5, 5.41) is 2.64. The molecule has 0 aromatic carbocycles. The number of aromatic nitrogens is 1. The van der Waals surface area contributed by atoms with E-state index in [0.717, 1.165) is 12.0 Å². The Morgan fingerprint density at radius 3 is 3.29 bits per heavy atom. The molecular weight excluding hydrogens is 182 g/mol. The minimum Gasteiger partial charge on any atom is -0.352 e. The lowest BCUT2D eigenvalue weighted by Gasteiger charge is -2.27. The molecule has 0 radical (unpaired) electrons. The third-order valence-electron chi connectivity index (χ3n) is 2.01. The van der Waals surface area contributed by atoms with Gasteiger partial charge in [-0.15, -0.1) is 0 Å². The lowest BCUT2D eigenvalue weighted by Crippen LogP contribution is -2.39. The van der Waals surface area contributed by atoms with Crippen molar-refractivity contribution in [1.29, 1.82) is 0 Å². The fourth-order valence-electron chi connectivity index (χ4n) is 1.43. The average Bonchev–Trinajstić information content (AvgIpc) is 2.18. The minimum absolute atomic E-state index is 0.141. The molecule has 0 aliphatic carbocycles. The number of pyridine rings is 1. The molecule has 1 aliphatic heterocycles. The molecule has 2 heterocycles. The maximum Gasteiger partial charge on any atom is 0.245 e. The van der Waals surface area contributed by atoms with E-state index in [4.69, 9.17) is 0 Å². The molecule has 0 spiro atoms. The van der Waals surface area contributed by atoms with E-state index in [1.807, 2.05) is 6.07 Å². The SMILES string of the molecule is O=CCN1CC(=O)Nc2ncccc21. The number of nitrogens with one attached hydrogen (secondary N) is 1. The van der Waals surface area contributed by atoms with Gasteiger partial charge in [-0.2, -0.15) is 0 Å². The van der Waals surface area contributed by atoms with Crippen molar-refractivity contribution in [3.63, 3.8) is 0 Å². The van der Waals surface area contributed by atoms with Crippen LogP contribution in [0.15, 0.2) is 18.3 Å². The molecule has 5 heteroatoms. The summed E-state index contributed by atoms with van der Waals surface area (Å²) in [6.07, 6.45) is 2.37. The van der Waals surface area contributed by atoms with Gasteiger partial charge in [0.05, 0.1) is 18.8 Å². The van der Waals surface area contributed by atoms with Gasteiger partial charge in [-0.1, -0.05) is 0 Å². The van der Waals surface area contributed by atoms with Crippen molar-refractivity contribution in [1.82, 2.24) is 4.98 Å². The van der Waals surface area contributed by atoms with E-state index < -0.39 is 0 Å². The van der Waals surface area contributed by atoms with Gasteiger partial charge >= 0.3 is 0 Å². The van der Waals surface area contributed by atoms with Crippen molar-refractivity contribution in [3.05, 3.63) is 18.3 Å². The molecule has 1 aromatic heterocycles. The quantitative estimate of drug-likeness (QED) is 0.670. The number of carbonyl (C=O) groups excluding carboxylic acids is 2. The first kappa shape index (κ1) is 8.68. The summed E-state index contributed by atoms with van der Waals surface area (Å²) in [5.41, 5.74) is 0.791. The number of carbonyl (C=O) groups is 2. The molecule has 0 bridgehead atoms. The van der Waals surface area contributed by atoms with Crippen LogP contribution in [0.25, 0.3) is 0 Å². The summed E-state index contributed by atoms with van der Waals surface area (Å²) in [7, 11) is 0. The number of hydrogen-bond acceptors (Lipinski definition) is 4. The fourth-order valence-corrected chi connectivity index (χ4v) is 1.43. The van der Waals surface area contributed by atoms with E-state index in [2.05, 4.69) is 10.3 Å². The number of hydrogen-bond donors (Lipinski definition) is 1. The van der Waals surface area contributed by atoms with Gasteiger partial charge in [0.25, 0.3) is 0 Å². The Bertz CT molecular complexity index is 378. The highest BCUT2D eigenvalue weighted by Crippen LogP contribution is 2.25. The van der Waals surface area contributed by atoms with Crippen LogP contribution in [0.5, 0.6) is 0 Å². The number of nitrogens with zero attached hydrogens (tertiary/aromatic N) is 2. The van der Waals surface area contributed by atoms with Crippen LogP contribution >= 0.6 is 0 Å². The molecule has 0 unspecified atom stereocenters. The Balaban J connectivity index is 2.37. The Morgan fingerprint density at radius 2 is 2.50 bits per heavy atom. The summed E-state index contributed by atoms with van der Waals surface area (Å²) >= 11 is 0. The first-order chi connectivity index (χ1) is 6.81. The van der Waals surface area contributed by atoms with Crippen LogP contribution in [0.4, 0.5) is 11.5 Å². The van der Waals surface area contributed by atoms with Crippen molar-refractivity contribution in [2.75, 3.05) is 23.3 Å². The van der Waals surface area contributed by atoms with Crippen LogP contribution < -0.4 is 10.2 Å². The lowest BCUT2D eigenvalue weighted by atomic mass is 10.2. The van der Waals surface area contributed by atoms with Gasteiger partial charge in [0.1, 0.15) is 6.29 Å². The van der Waals surface area contributed by atoms with Gasteiger partial charge in [0, 0.05) is 6.20 Å². The molecule has 1 N–H and O–H groups in total. The second kappa shape index (κ2) is 3.45. The van der Waals surface area contributed by atoms with Gasteiger partial charge in [-0.25, -0.2) is 4.98 Å². The van der Waals surface area contributed by atoms with Crippen LogP contribution in [0.1, 0.15) is 0 Å². The molecule has 14 heavy (non-hydrogen) atoms. The monoisotopic (exact) mass is 191 g/mol. The van der Waals surface area contributed by atoms with Crippen LogP contribution in [-0.4, -0.2) is 30.3 Å². The molecule has 0 atom stereocenters. The van der Waals surface area contributed by atoms with Crippen molar-refractivity contribution >= 4 is 23.7 Å². The van der Waals surface area contributed by atoms with Crippen molar-refractivity contribution in [3.8, 4) is 0 Å². The third kappa shape index (κ3) is 1.44. The third-order valence-corrected chi connectivity index (χ3v) is 2.01. The zero-order valence-electron chi connectivity index (χ0n) is 7.43. The maximum atomic E-state index is 11.2. The molecule has 1 aromatic rings. The highest BCUT2D eigenvalue weighted by Gasteiger charge is 2.21. The Morgan fingerprint density at radius 1 is 1.64 bits per heavy atom. The van der Waals surface area contributed by atoms with E-state index in [-0.39, 0.29) is 19.0 Å². The Hall–Kier alpha value is -1.91. The van der Waals surface area contributed by atoms with Gasteiger partial charge in [0.15, 0.2) is 5.82 Å². The van der Waals surface area contributed by atoms with E-state index in [0.29, 0.717) is 5.82 Å². The fraction of sp³-hybridized carbons (Fsp3) is 0.222. The summed E-state index contributed by atoms with van der Waals surface area (Å²) in [6.45, 7) is 0.420. The molecule has 1 aliphatic rings. The second-order valence-electron chi connectivity index (χ2n) is 2.97. The topological polar surface area (TPSA) is 62.3 Å². The van der Waals surface area contributed by atoms with E-state index in [1.165, 1.54) is 0 Å². The molecule has 5 nitrogen and oxygen atoms in total. The largest absolute Gasteiger partial charge is 0.352 e. The van der Waals surface area contributed by atoms with Gasteiger partial charge in [0.2, 0.25) is 5.91 Å².